The lowest BCUT2D eigenvalue weighted by Gasteiger charge is -2.24. The predicted octanol–water partition coefficient (Wildman–Crippen LogP) is 4.64. The summed E-state index contributed by atoms with van der Waals surface area (Å²) in [6.45, 7) is 5.90. The molecule has 0 aliphatic rings. The van der Waals surface area contributed by atoms with Gasteiger partial charge in [0.15, 0.2) is 0 Å². The van der Waals surface area contributed by atoms with Crippen molar-refractivity contribution in [3.63, 3.8) is 0 Å². The molecule has 2 nitrogen and oxygen atoms in total. The summed E-state index contributed by atoms with van der Waals surface area (Å²) in [4.78, 5) is 0.784. The van der Waals surface area contributed by atoms with Crippen LogP contribution in [0.3, 0.4) is 0 Å². The van der Waals surface area contributed by atoms with E-state index in [9.17, 15) is 4.21 Å². The van der Waals surface area contributed by atoms with E-state index in [0.717, 1.165) is 10.6 Å². The van der Waals surface area contributed by atoms with Gasteiger partial charge in [-0.3, -0.25) is 0 Å². The second-order valence-electron chi connectivity index (χ2n) is 5.38. The van der Waals surface area contributed by atoms with Crippen LogP contribution in [0.4, 0.5) is 5.69 Å². The van der Waals surface area contributed by atoms with Crippen molar-refractivity contribution >= 4 is 15.4 Å². The number of rotatable bonds is 2. The number of benzene rings is 2. The van der Waals surface area contributed by atoms with Gasteiger partial charge in [0, 0.05) is 4.90 Å². The Morgan fingerprint density at radius 2 is 1.32 bits per heavy atom. The van der Waals surface area contributed by atoms with Crippen LogP contribution in [0.2, 0.25) is 0 Å². The summed E-state index contributed by atoms with van der Waals surface area (Å²) in [5.41, 5.74) is 0.756. The van der Waals surface area contributed by atoms with Crippen LogP contribution < -0.4 is 0 Å². The van der Waals surface area contributed by atoms with Crippen LogP contribution >= 0.6 is 0 Å². The zero-order chi connectivity index (χ0) is 13.9. The fourth-order valence-electron chi connectivity index (χ4n) is 1.79. The van der Waals surface area contributed by atoms with Crippen molar-refractivity contribution in [2.24, 2.45) is 4.36 Å². The number of hydrogen-bond donors (Lipinski definition) is 0. The van der Waals surface area contributed by atoms with Gasteiger partial charge in [-0.15, -0.1) is 0 Å². The summed E-state index contributed by atoms with van der Waals surface area (Å²) >= 11 is 0. The third-order valence-corrected chi connectivity index (χ3v) is 5.92. The Kier molecular flexibility index (Phi) is 3.76. The van der Waals surface area contributed by atoms with Crippen LogP contribution in [-0.2, 0) is 9.73 Å². The van der Waals surface area contributed by atoms with Crippen LogP contribution in [0.25, 0.3) is 0 Å². The Hall–Kier alpha value is -1.61. The fraction of sp³-hybridized carbons (Fsp3) is 0.250. The first kappa shape index (κ1) is 13.8. The van der Waals surface area contributed by atoms with Crippen molar-refractivity contribution < 1.29 is 4.21 Å². The van der Waals surface area contributed by atoms with E-state index in [2.05, 4.69) is 4.36 Å². The van der Waals surface area contributed by atoms with Crippen molar-refractivity contribution in [1.29, 1.82) is 0 Å². The van der Waals surface area contributed by atoms with Gasteiger partial charge in [-0.1, -0.05) is 36.4 Å². The molecule has 2 rings (SSSR count). The molecule has 0 saturated heterocycles. The largest absolute Gasteiger partial charge is 0.244 e. The first-order valence-corrected chi connectivity index (χ1v) is 7.82. The van der Waals surface area contributed by atoms with Crippen LogP contribution in [0, 0.1) is 0 Å². The molecular weight excluding hydrogens is 254 g/mol. The van der Waals surface area contributed by atoms with Crippen LogP contribution in [-0.4, -0.2) is 8.96 Å². The van der Waals surface area contributed by atoms with E-state index in [1.54, 1.807) is 0 Å². The quantitative estimate of drug-likeness (QED) is 0.783. The smallest absolute Gasteiger partial charge is 0.0850 e. The maximum atomic E-state index is 13.4. The molecule has 1 unspecified atom stereocenters. The lowest BCUT2D eigenvalue weighted by molar-refractivity contribution is 0.640. The Bertz CT molecular complexity index is 648. The number of hydrogen-bond acceptors (Lipinski definition) is 2. The lowest BCUT2D eigenvalue weighted by atomic mass is 10.3. The minimum absolute atomic E-state index is 0.426. The Labute approximate surface area is 115 Å². The molecule has 100 valence electrons. The van der Waals surface area contributed by atoms with E-state index >= 15 is 0 Å². The molecule has 0 saturated carbocycles. The molecule has 0 heterocycles. The van der Waals surface area contributed by atoms with Crippen molar-refractivity contribution in [3.05, 3.63) is 60.7 Å². The minimum atomic E-state index is -2.51. The molecule has 0 spiro atoms. The van der Waals surface area contributed by atoms with Gasteiger partial charge in [0.2, 0.25) is 0 Å². The van der Waals surface area contributed by atoms with E-state index in [1.165, 1.54) is 0 Å². The molecule has 0 radical (unpaired) electrons. The van der Waals surface area contributed by atoms with E-state index in [-0.39, 0.29) is 0 Å². The molecular formula is C16H19NOS. The second-order valence-corrected chi connectivity index (χ2v) is 8.31. The van der Waals surface area contributed by atoms with Crippen molar-refractivity contribution in [3.8, 4) is 0 Å². The Morgan fingerprint density at radius 3 is 1.79 bits per heavy atom. The average Bonchev–Trinajstić information content (AvgIpc) is 2.39. The SMILES string of the molecule is CC(C)(C)S(=O)(=Nc1ccccc1)c1ccccc1. The van der Waals surface area contributed by atoms with Crippen molar-refractivity contribution in [2.45, 2.75) is 30.4 Å². The molecule has 2 aromatic rings. The highest BCUT2D eigenvalue weighted by atomic mass is 32.2. The monoisotopic (exact) mass is 273 g/mol. The molecule has 3 heteroatoms. The van der Waals surface area contributed by atoms with E-state index < -0.39 is 14.5 Å². The minimum Gasteiger partial charge on any atom is -0.244 e. The van der Waals surface area contributed by atoms with Gasteiger partial charge in [-0.25, -0.2) is 4.21 Å². The Balaban J connectivity index is 2.68. The zero-order valence-corrected chi connectivity index (χ0v) is 12.4. The van der Waals surface area contributed by atoms with Gasteiger partial charge in [-0.05, 0) is 45.0 Å². The summed E-state index contributed by atoms with van der Waals surface area (Å²) in [5, 5.41) is 0. The predicted molar refractivity (Wildman–Crippen MR) is 81.1 cm³/mol. The maximum absolute atomic E-state index is 13.4. The maximum Gasteiger partial charge on any atom is 0.0850 e. The molecule has 19 heavy (non-hydrogen) atoms. The van der Waals surface area contributed by atoms with Crippen molar-refractivity contribution in [1.82, 2.24) is 0 Å². The molecule has 0 aliphatic heterocycles. The summed E-state index contributed by atoms with van der Waals surface area (Å²) in [7, 11) is -2.51. The molecule has 0 fully saturated rings. The molecule has 0 N–H and O–H groups in total. The molecule has 0 aromatic heterocycles. The first-order valence-electron chi connectivity index (χ1n) is 6.30. The standard InChI is InChI=1S/C16H19NOS/c1-16(2,3)19(18,15-12-8-5-9-13-15)17-14-10-6-4-7-11-14/h4-13H,1-3H3. The molecule has 2 aromatic carbocycles. The van der Waals surface area contributed by atoms with Gasteiger partial charge in [0.1, 0.15) is 0 Å². The van der Waals surface area contributed by atoms with Gasteiger partial charge in [0.05, 0.1) is 20.2 Å². The van der Waals surface area contributed by atoms with Crippen LogP contribution in [0.15, 0.2) is 69.9 Å². The van der Waals surface area contributed by atoms with Crippen LogP contribution in [0.5, 0.6) is 0 Å². The highest BCUT2D eigenvalue weighted by Crippen LogP contribution is 2.30. The van der Waals surface area contributed by atoms with Crippen LogP contribution in [0.1, 0.15) is 20.8 Å². The molecule has 1 atom stereocenters. The van der Waals surface area contributed by atoms with Gasteiger partial charge in [-0.2, -0.15) is 4.36 Å². The third kappa shape index (κ3) is 2.87. The summed E-state index contributed by atoms with van der Waals surface area (Å²) in [6.07, 6.45) is 0. The molecule has 0 bridgehead atoms. The zero-order valence-electron chi connectivity index (χ0n) is 11.5. The Morgan fingerprint density at radius 1 is 0.842 bits per heavy atom. The number of nitrogens with zero attached hydrogens (tertiary/aromatic N) is 1. The van der Waals surface area contributed by atoms with Gasteiger partial charge in [0.25, 0.3) is 0 Å². The van der Waals surface area contributed by atoms with E-state index in [0.29, 0.717) is 0 Å². The third-order valence-electron chi connectivity index (χ3n) is 2.88. The van der Waals surface area contributed by atoms with E-state index in [1.807, 2.05) is 81.4 Å². The van der Waals surface area contributed by atoms with E-state index in [4.69, 9.17) is 0 Å². The first-order chi connectivity index (χ1) is 8.93. The topological polar surface area (TPSA) is 29.4 Å². The normalized spacial score (nSPS) is 14.7. The fourth-order valence-corrected chi connectivity index (χ4v) is 3.82. The van der Waals surface area contributed by atoms with Gasteiger partial charge < -0.3 is 0 Å². The highest BCUT2D eigenvalue weighted by Gasteiger charge is 2.28. The average molecular weight is 273 g/mol. The molecule has 0 amide bonds. The highest BCUT2D eigenvalue weighted by molar-refractivity contribution is 7.95. The summed E-state index contributed by atoms with van der Waals surface area (Å²) in [5.74, 6) is 0. The van der Waals surface area contributed by atoms with Crippen molar-refractivity contribution in [2.75, 3.05) is 0 Å². The van der Waals surface area contributed by atoms with Gasteiger partial charge >= 0.3 is 0 Å². The second kappa shape index (κ2) is 5.17. The lowest BCUT2D eigenvalue weighted by Crippen LogP contribution is -2.27. The summed E-state index contributed by atoms with van der Waals surface area (Å²) < 4.78 is 17.5. The molecule has 0 aliphatic carbocycles. The summed E-state index contributed by atoms with van der Waals surface area (Å²) in [6, 6.07) is 19.0.